The van der Waals surface area contributed by atoms with Gasteiger partial charge < -0.3 is 0 Å². The lowest BCUT2D eigenvalue weighted by Crippen LogP contribution is -2.41. The fraction of sp³-hybridized carbons (Fsp3) is 0.800. The van der Waals surface area contributed by atoms with Gasteiger partial charge in [0, 0.05) is 0 Å². The first kappa shape index (κ1) is 6.45. The van der Waals surface area contributed by atoms with Crippen molar-refractivity contribution in [2.24, 2.45) is 11.3 Å². The summed E-state index contributed by atoms with van der Waals surface area (Å²) in [5, 5.41) is 0. The van der Waals surface area contributed by atoms with Gasteiger partial charge in [-0.05, 0) is 37.5 Å². The van der Waals surface area contributed by atoms with Crippen LogP contribution >= 0.6 is 0 Å². The second-order valence-electron chi connectivity index (χ2n) is 4.42. The molecule has 2 bridgehead atoms. The summed E-state index contributed by atoms with van der Waals surface area (Å²) in [5.41, 5.74) is 4.04. The fourth-order valence-electron chi connectivity index (χ4n) is 2.61. The van der Waals surface area contributed by atoms with E-state index in [2.05, 4.69) is 20.8 Å². The van der Waals surface area contributed by atoms with Crippen LogP contribution in [0.5, 0.6) is 0 Å². The molecule has 0 amide bonds. The van der Waals surface area contributed by atoms with Gasteiger partial charge in [-0.15, -0.1) is 0 Å². The molecular weight excluding hydrogens is 120 g/mol. The van der Waals surface area contributed by atoms with Gasteiger partial charge >= 0.3 is 0 Å². The van der Waals surface area contributed by atoms with Gasteiger partial charge in [-0.1, -0.05) is 25.0 Å². The molecule has 0 heterocycles. The van der Waals surface area contributed by atoms with Gasteiger partial charge in [0.15, 0.2) is 0 Å². The lowest BCUT2D eigenvalue weighted by Gasteiger charge is -2.52. The molecule has 56 valence electrons. The van der Waals surface area contributed by atoms with Crippen molar-refractivity contribution in [2.45, 2.75) is 40.0 Å². The molecule has 0 heteroatoms. The predicted octanol–water partition coefficient (Wildman–Crippen LogP) is 3.14. The van der Waals surface area contributed by atoms with E-state index in [4.69, 9.17) is 0 Å². The van der Waals surface area contributed by atoms with Crippen LogP contribution in [-0.4, -0.2) is 0 Å². The first-order valence-corrected chi connectivity index (χ1v) is 4.31. The zero-order valence-corrected chi connectivity index (χ0v) is 7.20. The summed E-state index contributed by atoms with van der Waals surface area (Å²) < 4.78 is 0. The van der Waals surface area contributed by atoms with Gasteiger partial charge in [0.2, 0.25) is 0 Å². The Morgan fingerprint density at radius 3 is 2.40 bits per heavy atom. The zero-order chi connectivity index (χ0) is 7.35. The number of fused-ring (bicyclic) bond motifs is 2. The van der Waals surface area contributed by atoms with Crippen molar-refractivity contribution in [1.29, 1.82) is 0 Å². The molecule has 1 fully saturated rings. The molecule has 10 heavy (non-hydrogen) atoms. The largest absolute Gasteiger partial charge is 0.0735 e. The highest BCUT2D eigenvalue weighted by atomic mass is 14.5. The molecule has 1 atom stereocenters. The summed E-state index contributed by atoms with van der Waals surface area (Å²) in [7, 11) is 0. The minimum absolute atomic E-state index is 0.586. The van der Waals surface area contributed by atoms with E-state index in [9.17, 15) is 0 Å². The highest BCUT2D eigenvalue weighted by Gasteiger charge is 2.46. The van der Waals surface area contributed by atoms with E-state index in [0.717, 1.165) is 5.92 Å². The Bertz CT molecular complexity index is 196. The lowest BCUT2D eigenvalue weighted by molar-refractivity contribution is 0.133. The fourth-order valence-corrected chi connectivity index (χ4v) is 2.61. The van der Waals surface area contributed by atoms with E-state index < -0.39 is 0 Å². The molecule has 0 aromatic heterocycles. The van der Waals surface area contributed by atoms with E-state index in [1.807, 2.05) is 0 Å². The summed E-state index contributed by atoms with van der Waals surface area (Å²) in [6, 6.07) is 0. The molecule has 3 aliphatic rings. The average molecular weight is 136 g/mol. The normalized spacial score (nSPS) is 35.7. The van der Waals surface area contributed by atoms with Gasteiger partial charge in [0.05, 0.1) is 0 Å². The maximum Gasteiger partial charge on any atom is -0.0111 e. The zero-order valence-electron chi connectivity index (χ0n) is 7.20. The van der Waals surface area contributed by atoms with Gasteiger partial charge in [-0.3, -0.25) is 0 Å². The van der Waals surface area contributed by atoms with Crippen molar-refractivity contribution in [3.63, 3.8) is 0 Å². The molecule has 0 unspecified atom stereocenters. The Kier molecular flexibility index (Phi) is 1.07. The minimum atomic E-state index is 0.586. The lowest BCUT2D eigenvalue weighted by atomic mass is 9.52. The SMILES string of the molecule is CC1=C2C[C@@H](CC1)C2(C)C. The second-order valence-corrected chi connectivity index (χ2v) is 4.42. The van der Waals surface area contributed by atoms with Crippen LogP contribution in [0.3, 0.4) is 0 Å². The summed E-state index contributed by atoms with van der Waals surface area (Å²) in [6.45, 7) is 7.12. The van der Waals surface area contributed by atoms with Crippen LogP contribution < -0.4 is 0 Å². The van der Waals surface area contributed by atoms with Crippen LogP contribution in [0.1, 0.15) is 40.0 Å². The Labute approximate surface area is 63.3 Å². The maximum atomic E-state index is 2.40. The van der Waals surface area contributed by atoms with Gasteiger partial charge in [0.1, 0.15) is 0 Å². The number of hydrogen-bond donors (Lipinski definition) is 0. The Morgan fingerprint density at radius 2 is 2.10 bits per heavy atom. The monoisotopic (exact) mass is 136 g/mol. The first-order valence-electron chi connectivity index (χ1n) is 4.31. The van der Waals surface area contributed by atoms with Crippen LogP contribution in [-0.2, 0) is 0 Å². The van der Waals surface area contributed by atoms with Crippen LogP contribution in [0, 0.1) is 11.3 Å². The Morgan fingerprint density at radius 1 is 1.40 bits per heavy atom. The topological polar surface area (TPSA) is 0 Å². The van der Waals surface area contributed by atoms with E-state index in [1.54, 1.807) is 11.1 Å². The van der Waals surface area contributed by atoms with Crippen LogP contribution in [0.2, 0.25) is 0 Å². The van der Waals surface area contributed by atoms with Crippen molar-refractivity contribution in [3.05, 3.63) is 11.1 Å². The van der Waals surface area contributed by atoms with Crippen molar-refractivity contribution < 1.29 is 0 Å². The molecule has 0 spiro atoms. The van der Waals surface area contributed by atoms with Crippen LogP contribution in [0.4, 0.5) is 0 Å². The third kappa shape index (κ3) is 0.574. The summed E-state index contributed by atoms with van der Waals surface area (Å²) in [4.78, 5) is 0. The van der Waals surface area contributed by atoms with Crippen LogP contribution in [0.25, 0.3) is 0 Å². The Hall–Kier alpha value is -0.260. The Balaban J connectivity index is 2.39. The number of rotatable bonds is 0. The van der Waals surface area contributed by atoms with Crippen molar-refractivity contribution in [1.82, 2.24) is 0 Å². The quantitative estimate of drug-likeness (QED) is 0.449. The van der Waals surface area contributed by atoms with E-state index in [0.29, 0.717) is 5.41 Å². The van der Waals surface area contributed by atoms with E-state index in [1.165, 1.54) is 19.3 Å². The molecule has 1 saturated carbocycles. The minimum Gasteiger partial charge on any atom is -0.0735 e. The molecule has 0 N–H and O–H groups in total. The first-order chi connectivity index (χ1) is 4.62. The highest BCUT2D eigenvalue weighted by Crippen LogP contribution is 2.58. The third-order valence-corrected chi connectivity index (χ3v) is 3.63. The predicted molar refractivity (Wildman–Crippen MR) is 43.8 cm³/mol. The van der Waals surface area contributed by atoms with Crippen molar-refractivity contribution in [2.75, 3.05) is 0 Å². The second kappa shape index (κ2) is 1.66. The number of hydrogen-bond acceptors (Lipinski definition) is 0. The molecule has 0 saturated heterocycles. The van der Waals surface area contributed by atoms with Gasteiger partial charge in [-0.2, -0.15) is 0 Å². The maximum absolute atomic E-state index is 2.40. The third-order valence-electron chi connectivity index (χ3n) is 3.63. The summed E-state index contributed by atoms with van der Waals surface area (Å²) >= 11 is 0. The standard InChI is InChI=1S/C10H16/c1-7-4-5-8-6-9(7)10(8,2)3/h8H,4-6H2,1-3H3/t8-/m1/s1. The highest BCUT2D eigenvalue weighted by molar-refractivity contribution is 5.32. The molecule has 0 aromatic carbocycles. The summed E-state index contributed by atoms with van der Waals surface area (Å²) in [5.74, 6) is 1.02. The molecular formula is C10H16. The summed E-state index contributed by atoms with van der Waals surface area (Å²) in [6.07, 6.45) is 4.24. The van der Waals surface area contributed by atoms with Crippen LogP contribution in [0.15, 0.2) is 11.1 Å². The molecule has 0 radical (unpaired) electrons. The molecule has 3 aliphatic carbocycles. The average Bonchev–Trinajstić information content (AvgIpc) is 1.87. The number of allylic oxidation sites excluding steroid dienone is 2. The van der Waals surface area contributed by atoms with Gasteiger partial charge in [0.25, 0.3) is 0 Å². The smallest absolute Gasteiger partial charge is 0.0111 e. The van der Waals surface area contributed by atoms with Crippen molar-refractivity contribution in [3.8, 4) is 0 Å². The molecule has 0 aromatic rings. The molecule has 3 rings (SSSR count). The molecule has 0 aliphatic heterocycles. The van der Waals surface area contributed by atoms with Gasteiger partial charge in [-0.25, -0.2) is 0 Å². The van der Waals surface area contributed by atoms with E-state index in [-0.39, 0.29) is 0 Å². The van der Waals surface area contributed by atoms with Crippen molar-refractivity contribution >= 4 is 0 Å². The molecule has 0 nitrogen and oxygen atoms in total. The van der Waals surface area contributed by atoms with E-state index >= 15 is 0 Å².